The molecular formula is C12H6Cl3NO2. The predicted molar refractivity (Wildman–Crippen MR) is 71.2 cm³/mol. The first kappa shape index (κ1) is 13.1. The summed E-state index contributed by atoms with van der Waals surface area (Å²) in [4.78, 5) is 14.5. The van der Waals surface area contributed by atoms with E-state index in [-0.39, 0.29) is 0 Å². The van der Waals surface area contributed by atoms with Crippen LogP contribution in [0.5, 0.6) is 11.5 Å². The molecule has 0 aliphatic carbocycles. The van der Waals surface area contributed by atoms with Gasteiger partial charge in [-0.3, -0.25) is 9.78 Å². The topological polar surface area (TPSA) is 39.2 Å². The lowest BCUT2D eigenvalue weighted by Gasteiger charge is -2.08. The van der Waals surface area contributed by atoms with E-state index in [9.17, 15) is 4.79 Å². The summed E-state index contributed by atoms with van der Waals surface area (Å²) in [5.74, 6) is 0.732. The Morgan fingerprint density at radius 2 is 1.72 bits per heavy atom. The average molecular weight is 303 g/mol. The summed E-state index contributed by atoms with van der Waals surface area (Å²) < 4.78 is 5.49. The third kappa shape index (κ3) is 2.93. The SMILES string of the molecule is O=Cc1cncc(Oc2cc(Cl)c(Cl)cc2Cl)c1. The Morgan fingerprint density at radius 1 is 1.00 bits per heavy atom. The van der Waals surface area contributed by atoms with Crippen LogP contribution in [0.15, 0.2) is 30.6 Å². The second kappa shape index (κ2) is 5.57. The molecule has 0 radical (unpaired) electrons. The second-order valence-corrected chi connectivity index (χ2v) is 4.59. The number of pyridine rings is 1. The maximum atomic E-state index is 10.6. The van der Waals surface area contributed by atoms with Crippen LogP contribution in [-0.4, -0.2) is 11.3 Å². The standard InChI is InChI=1S/C12H6Cl3NO2/c13-9-2-11(15)12(3-10(9)14)18-8-1-7(6-17)4-16-5-8/h1-6H. The number of nitrogens with zero attached hydrogens (tertiary/aromatic N) is 1. The van der Waals surface area contributed by atoms with Gasteiger partial charge in [0.05, 0.1) is 21.3 Å². The predicted octanol–water partition coefficient (Wildman–Crippen LogP) is 4.65. The van der Waals surface area contributed by atoms with Crippen LogP contribution in [0.3, 0.4) is 0 Å². The van der Waals surface area contributed by atoms with Gasteiger partial charge in [-0.2, -0.15) is 0 Å². The van der Waals surface area contributed by atoms with E-state index in [2.05, 4.69) is 4.98 Å². The normalized spacial score (nSPS) is 10.2. The molecule has 0 N–H and O–H groups in total. The van der Waals surface area contributed by atoms with Crippen molar-refractivity contribution >= 4 is 41.1 Å². The molecule has 1 aromatic heterocycles. The van der Waals surface area contributed by atoms with Crippen LogP contribution in [0, 0.1) is 0 Å². The van der Waals surface area contributed by atoms with Crippen LogP contribution in [0.1, 0.15) is 10.4 Å². The van der Waals surface area contributed by atoms with Crippen molar-refractivity contribution in [1.29, 1.82) is 0 Å². The second-order valence-electron chi connectivity index (χ2n) is 3.37. The Labute approximate surface area is 118 Å². The minimum Gasteiger partial charge on any atom is -0.454 e. The lowest BCUT2D eigenvalue weighted by atomic mass is 10.3. The van der Waals surface area contributed by atoms with Crippen molar-refractivity contribution in [3.8, 4) is 11.5 Å². The number of hydrogen-bond acceptors (Lipinski definition) is 3. The average Bonchev–Trinajstić information content (AvgIpc) is 2.36. The first-order chi connectivity index (χ1) is 8.60. The maximum absolute atomic E-state index is 10.6. The molecule has 0 saturated carbocycles. The summed E-state index contributed by atoms with van der Waals surface area (Å²) in [6, 6.07) is 4.52. The Kier molecular flexibility index (Phi) is 4.07. The molecule has 6 heteroatoms. The van der Waals surface area contributed by atoms with Crippen LogP contribution in [-0.2, 0) is 0 Å². The van der Waals surface area contributed by atoms with E-state index < -0.39 is 0 Å². The molecule has 0 saturated heterocycles. The molecular weight excluding hydrogens is 296 g/mol. The zero-order valence-electron chi connectivity index (χ0n) is 8.86. The Balaban J connectivity index is 2.33. The van der Waals surface area contributed by atoms with E-state index in [1.54, 1.807) is 6.07 Å². The zero-order valence-corrected chi connectivity index (χ0v) is 11.1. The largest absolute Gasteiger partial charge is 0.454 e. The molecule has 0 atom stereocenters. The molecule has 0 fully saturated rings. The lowest BCUT2D eigenvalue weighted by molar-refractivity contribution is 0.112. The Morgan fingerprint density at radius 3 is 2.44 bits per heavy atom. The van der Waals surface area contributed by atoms with Crippen LogP contribution in [0.4, 0.5) is 0 Å². The van der Waals surface area contributed by atoms with Gasteiger partial charge >= 0.3 is 0 Å². The number of carbonyl (C=O) groups excluding carboxylic acids is 1. The summed E-state index contributed by atoms with van der Waals surface area (Å²) in [7, 11) is 0. The fraction of sp³-hybridized carbons (Fsp3) is 0. The van der Waals surface area contributed by atoms with Crippen LogP contribution < -0.4 is 4.74 Å². The van der Waals surface area contributed by atoms with Crippen LogP contribution in [0.25, 0.3) is 0 Å². The molecule has 3 nitrogen and oxygen atoms in total. The van der Waals surface area contributed by atoms with E-state index in [0.29, 0.717) is 38.4 Å². The Hall–Kier alpha value is -1.29. The van der Waals surface area contributed by atoms with Crippen molar-refractivity contribution in [2.45, 2.75) is 0 Å². The highest BCUT2D eigenvalue weighted by atomic mass is 35.5. The number of rotatable bonds is 3. The molecule has 0 spiro atoms. The Bertz CT molecular complexity index is 602. The molecule has 0 aliphatic rings. The van der Waals surface area contributed by atoms with Crippen molar-refractivity contribution < 1.29 is 9.53 Å². The molecule has 0 bridgehead atoms. The third-order valence-electron chi connectivity index (χ3n) is 2.07. The fourth-order valence-electron chi connectivity index (χ4n) is 1.27. The molecule has 2 aromatic rings. The minimum absolute atomic E-state index is 0.320. The fourth-order valence-corrected chi connectivity index (χ4v) is 1.84. The van der Waals surface area contributed by atoms with Crippen molar-refractivity contribution in [2.24, 2.45) is 0 Å². The van der Waals surface area contributed by atoms with Crippen LogP contribution >= 0.6 is 34.8 Å². The van der Waals surface area contributed by atoms with Crippen molar-refractivity contribution in [1.82, 2.24) is 4.98 Å². The van der Waals surface area contributed by atoms with Gasteiger partial charge in [0.15, 0.2) is 6.29 Å². The van der Waals surface area contributed by atoms with Gasteiger partial charge in [0.2, 0.25) is 0 Å². The van der Waals surface area contributed by atoms with E-state index >= 15 is 0 Å². The first-order valence-electron chi connectivity index (χ1n) is 4.83. The highest BCUT2D eigenvalue weighted by molar-refractivity contribution is 6.43. The van der Waals surface area contributed by atoms with Crippen molar-refractivity contribution in [3.05, 3.63) is 51.2 Å². The van der Waals surface area contributed by atoms with Crippen molar-refractivity contribution in [3.63, 3.8) is 0 Å². The summed E-state index contributed by atoms with van der Waals surface area (Å²) in [5.41, 5.74) is 0.406. The highest BCUT2D eigenvalue weighted by Gasteiger charge is 2.08. The minimum atomic E-state index is 0.320. The van der Waals surface area contributed by atoms with Gasteiger partial charge in [-0.1, -0.05) is 34.8 Å². The number of benzene rings is 1. The van der Waals surface area contributed by atoms with Crippen LogP contribution in [0.2, 0.25) is 15.1 Å². The molecule has 0 aliphatic heterocycles. The summed E-state index contributed by atoms with van der Waals surface area (Å²) in [5, 5.41) is 0.991. The summed E-state index contributed by atoms with van der Waals surface area (Å²) in [6.07, 6.45) is 3.57. The van der Waals surface area contributed by atoms with E-state index in [4.69, 9.17) is 39.5 Å². The molecule has 1 aromatic carbocycles. The number of carbonyl (C=O) groups is 1. The molecule has 0 amide bonds. The quantitative estimate of drug-likeness (QED) is 0.612. The first-order valence-corrected chi connectivity index (χ1v) is 5.96. The number of halogens is 3. The third-order valence-corrected chi connectivity index (χ3v) is 3.09. The summed E-state index contributed by atoms with van der Waals surface area (Å²) >= 11 is 17.6. The number of aldehydes is 1. The van der Waals surface area contributed by atoms with E-state index in [0.717, 1.165) is 0 Å². The smallest absolute Gasteiger partial charge is 0.151 e. The molecule has 18 heavy (non-hydrogen) atoms. The summed E-state index contributed by atoms with van der Waals surface area (Å²) in [6.45, 7) is 0. The highest BCUT2D eigenvalue weighted by Crippen LogP contribution is 2.36. The van der Waals surface area contributed by atoms with Gasteiger partial charge in [0, 0.05) is 17.8 Å². The van der Waals surface area contributed by atoms with Gasteiger partial charge in [-0.25, -0.2) is 0 Å². The van der Waals surface area contributed by atoms with Gasteiger partial charge in [0.1, 0.15) is 11.5 Å². The van der Waals surface area contributed by atoms with Gasteiger partial charge in [-0.15, -0.1) is 0 Å². The number of ether oxygens (including phenoxy) is 1. The molecule has 0 unspecified atom stereocenters. The van der Waals surface area contributed by atoms with Gasteiger partial charge in [0.25, 0.3) is 0 Å². The molecule has 92 valence electrons. The van der Waals surface area contributed by atoms with E-state index in [1.807, 2.05) is 0 Å². The monoisotopic (exact) mass is 301 g/mol. The lowest BCUT2D eigenvalue weighted by Crippen LogP contribution is -1.89. The number of aromatic nitrogens is 1. The number of hydrogen-bond donors (Lipinski definition) is 0. The maximum Gasteiger partial charge on any atom is 0.151 e. The zero-order chi connectivity index (χ0) is 13.1. The molecule has 1 heterocycles. The van der Waals surface area contributed by atoms with Gasteiger partial charge in [-0.05, 0) is 12.1 Å². The molecule has 2 rings (SSSR count). The van der Waals surface area contributed by atoms with Gasteiger partial charge < -0.3 is 4.74 Å². The van der Waals surface area contributed by atoms with Crippen molar-refractivity contribution in [2.75, 3.05) is 0 Å². The van der Waals surface area contributed by atoms with E-state index in [1.165, 1.54) is 24.5 Å².